The Morgan fingerprint density at radius 2 is 1.05 bits per heavy atom. The topological polar surface area (TPSA) is 30.7 Å². The molecule has 2 aromatic heterocycles. The average molecular weight is 522 g/mol. The monoisotopic (exact) mass is 521 g/mol. The molecule has 0 atom stereocenters. The van der Waals surface area contributed by atoms with Gasteiger partial charge in [-0.1, -0.05) is 97.1 Å². The Hall–Kier alpha value is -5.54. The van der Waals surface area contributed by atoms with Gasteiger partial charge in [0, 0.05) is 11.1 Å². The molecule has 0 aliphatic carbocycles. The fourth-order valence-corrected chi connectivity index (χ4v) is 6.39. The molecule has 0 aliphatic rings. The van der Waals surface area contributed by atoms with Gasteiger partial charge in [0.05, 0.1) is 16.6 Å². The number of hydrogen-bond donors (Lipinski definition) is 0. The van der Waals surface area contributed by atoms with Crippen LogP contribution in [0.5, 0.6) is 0 Å². The maximum Gasteiger partial charge on any atom is 0.165 e. The van der Waals surface area contributed by atoms with Crippen molar-refractivity contribution in [2.24, 2.45) is 0 Å². The maximum atomic E-state index is 5.11. The van der Waals surface area contributed by atoms with Crippen LogP contribution in [0, 0.1) is 0 Å². The minimum absolute atomic E-state index is 0.874. The van der Waals surface area contributed by atoms with Crippen LogP contribution in [0.3, 0.4) is 0 Å². The molecule has 0 saturated heterocycles. The van der Waals surface area contributed by atoms with Crippen LogP contribution in [0.15, 0.2) is 140 Å². The standard InChI is InChI=1S/C38H23N3/c1-2-9-28(10-3-1)41-36-21-17-26(23-33(36)37-38(41)40-35-13-7-6-12-34(35)39-37)25-15-18-30-27(22-25)16-20-31-29-11-5-4-8-24(29)14-19-32(30)31/h1-23H. The van der Waals surface area contributed by atoms with E-state index in [1.165, 1.54) is 43.4 Å². The summed E-state index contributed by atoms with van der Waals surface area (Å²) in [6.45, 7) is 0. The van der Waals surface area contributed by atoms with Crippen LogP contribution < -0.4 is 0 Å². The summed E-state index contributed by atoms with van der Waals surface area (Å²) in [7, 11) is 0. The van der Waals surface area contributed by atoms with Crippen molar-refractivity contribution >= 4 is 65.4 Å². The van der Waals surface area contributed by atoms with Gasteiger partial charge in [-0.3, -0.25) is 4.57 Å². The molecule has 0 bridgehead atoms. The predicted octanol–water partition coefficient (Wildman–Crippen LogP) is 9.85. The second-order valence-electron chi connectivity index (χ2n) is 10.7. The third kappa shape index (κ3) is 3.33. The van der Waals surface area contributed by atoms with Gasteiger partial charge in [-0.15, -0.1) is 0 Å². The van der Waals surface area contributed by atoms with E-state index in [-0.39, 0.29) is 0 Å². The second kappa shape index (κ2) is 8.48. The molecule has 0 amide bonds. The molecule has 41 heavy (non-hydrogen) atoms. The lowest BCUT2D eigenvalue weighted by atomic mass is 9.94. The van der Waals surface area contributed by atoms with Crippen molar-refractivity contribution in [3.05, 3.63) is 140 Å². The van der Waals surface area contributed by atoms with E-state index in [4.69, 9.17) is 9.97 Å². The largest absolute Gasteiger partial charge is 0.293 e. The number of fused-ring (bicyclic) bond motifs is 9. The zero-order chi connectivity index (χ0) is 26.9. The Morgan fingerprint density at radius 3 is 1.90 bits per heavy atom. The highest BCUT2D eigenvalue weighted by Crippen LogP contribution is 2.37. The molecule has 2 heterocycles. The summed E-state index contributed by atoms with van der Waals surface area (Å²) in [6, 6.07) is 49.7. The summed E-state index contributed by atoms with van der Waals surface area (Å²) in [5.74, 6) is 0. The lowest BCUT2D eigenvalue weighted by molar-refractivity contribution is 1.14. The number of rotatable bonds is 2. The molecular formula is C38H23N3. The minimum atomic E-state index is 0.874. The van der Waals surface area contributed by atoms with E-state index in [0.717, 1.165) is 38.8 Å². The van der Waals surface area contributed by atoms with Crippen LogP contribution in [0.4, 0.5) is 0 Å². The van der Waals surface area contributed by atoms with E-state index in [2.05, 4.69) is 114 Å². The summed E-state index contributed by atoms with van der Waals surface area (Å²) in [6.07, 6.45) is 0. The smallest absolute Gasteiger partial charge is 0.165 e. The van der Waals surface area contributed by atoms with Crippen LogP contribution >= 0.6 is 0 Å². The van der Waals surface area contributed by atoms with Crippen LogP contribution in [-0.2, 0) is 0 Å². The lowest BCUT2D eigenvalue weighted by Gasteiger charge is -2.10. The van der Waals surface area contributed by atoms with Crippen molar-refractivity contribution in [3.63, 3.8) is 0 Å². The van der Waals surface area contributed by atoms with E-state index in [0.29, 0.717) is 0 Å². The van der Waals surface area contributed by atoms with E-state index >= 15 is 0 Å². The highest BCUT2D eigenvalue weighted by molar-refractivity contribution is 6.17. The molecule has 190 valence electrons. The zero-order valence-electron chi connectivity index (χ0n) is 22.1. The van der Waals surface area contributed by atoms with Gasteiger partial charge in [0.1, 0.15) is 5.52 Å². The first-order chi connectivity index (χ1) is 20.3. The summed E-state index contributed by atoms with van der Waals surface area (Å²) in [4.78, 5) is 10.2. The average Bonchev–Trinajstić information content (AvgIpc) is 3.36. The van der Waals surface area contributed by atoms with Crippen LogP contribution in [0.25, 0.3) is 82.2 Å². The van der Waals surface area contributed by atoms with Crippen molar-refractivity contribution in [2.75, 3.05) is 0 Å². The molecule has 9 rings (SSSR count). The van der Waals surface area contributed by atoms with E-state index < -0.39 is 0 Å². The highest BCUT2D eigenvalue weighted by Gasteiger charge is 2.17. The SMILES string of the molecule is c1ccc(-n2c3ccc(-c4ccc5c(ccc6c7ccccc7ccc56)c4)cc3c3nc4ccccc4nc32)cc1. The molecule has 3 nitrogen and oxygen atoms in total. The molecule has 3 heteroatoms. The zero-order valence-corrected chi connectivity index (χ0v) is 22.1. The molecule has 9 aromatic rings. The van der Waals surface area contributed by atoms with Gasteiger partial charge in [-0.25, -0.2) is 9.97 Å². The molecule has 0 saturated carbocycles. The molecule has 0 aliphatic heterocycles. The van der Waals surface area contributed by atoms with Crippen molar-refractivity contribution in [1.82, 2.24) is 14.5 Å². The summed E-state index contributed by atoms with van der Waals surface area (Å²) < 4.78 is 2.23. The lowest BCUT2D eigenvalue weighted by Crippen LogP contribution is -1.96. The third-order valence-electron chi connectivity index (χ3n) is 8.35. The van der Waals surface area contributed by atoms with Gasteiger partial charge in [0.15, 0.2) is 5.65 Å². The molecule has 7 aromatic carbocycles. The quantitative estimate of drug-likeness (QED) is 0.212. The van der Waals surface area contributed by atoms with Crippen LogP contribution in [0.1, 0.15) is 0 Å². The Morgan fingerprint density at radius 1 is 0.415 bits per heavy atom. The summed E-state index contributed by atoms with van der Waals surface area (Å²) >= 11 is 0. The van der Waals surface area contributed by atoms with Crippen molar-refractivity contribution in [2.45, 2.75) is 0 Å². The molecule has 0 radical (unpaired) electrons. The van der Waals surface area contributed by atoms with Gasteiger partial charge in [0.2, 0.25) is 0 Å². The Balaban J connectivity index is 1.27. The summed E-state index contributed by atoms with van der Waals surface area (Å²) in [5.41, 5.74) is 8.13. The van der Waals surface area contributed by atoms with Gasteiger partial charge >= 0.3 is 0 Å². The minimum Gasteiger partial charge on any atom is -0.293 e. The molecular weight excluding hydrogens is 498 g/mol. The Kier molecular flexibility index (Phi) is 4.61. The van der Waals surface area contributed by atoms with E-state index in [1.54, 1.807) is 0 Å². The van der Waals surface area contributed by atoms with Gasteiger partial charge in [-0.05, 0) is 85.9 Å². The van der Waals surface area contributed by atoms with Gasteiger partial charge in [0.25, 0.3) is 0 Å². The van der Waals surface area contributed by atoms with Crippen LogP contribution in [-0.4, -0.2) is 14.5 Å². The first kappa shape index (κ1) is 22.3. The number of para-hydroxylation sites is 3. The van der Waals surface area contributed by atoms with E-state index in [1.807, 2.05) is 30.3 Å². The van der Waals surface area contributed by atoms with Crippen LogP contribution in [0.2, 0.25) is 0 Å². The molecule has 0 N–H and O–H groups in total. The van der Waals surface area contributed by atoms with Crippen molar-refractivity contribution in [3.8, 4) is 16.8 Å². The first-order valence-electron chi connectivity index (χ1n) is 13.9. The Labute approximate surface area is 235 Å². The normalized spacial score (nSPS) is 11.9. The van der Waals surface area contributed by atoms with Gasteiger partial charge < -0.3 is 0 Å². The fraction of sp³-hybridized carbons (Fsp3) is 0. The highest BCUT2D eigenvalue weighted by atomic mass is 15.1. The summed E-state index contributed by atoms with van der Waals surface area (Å²) in [5, 5.41) is 8.77. The number of nitrogens with zero attached hydrogens (tertiary/aromatic N) is 3. The fourth-order valence-electron chi connectivity index (χ4n) is 6.39. The first-order valence-corrected chi connectivity index (χ1v) is 13.9. The number of hydrogen-bond acceptors (Lipinski definition) is 2. The number of aromatic nitrogens is 3. The molecule has 0 spiro atoms. The van der Waals surface area contributed by atoms with Crippen molar-refractivity contribution in [1.29, 1.82) is 0 Å². The Bertz CT molecular complexity index is 2470. The van der Waals surface area contributed by atoms with E-state index in [9.17, 15) is 0 Å². The predicted molar refractivity (Wildman–Crippen MR) is 172 cm³/mol. The number of benzene rings is 7. The maximum absolute atomic E-state index is 5.11. The molecule has 0 fully saturated rings. The van der Waals surface area contributed by atoms with Crippen molar-refractivity contribution < 1.29 is 0 Å². The van der Waals surface area contributed by atoms with Gasteiger partial charge in [-0.2, -0.15) is 0 Å². The molecule has 0 unspecified atom stereocenters. The second-order valence-corrected chi connectivity index (χ2v) is 10.7. The third-order valence-corrected chi connectivity index (χ3v) is 8.35.